The fourth-order valence-corrected chi connectivity index (χ4v) is 3.49. The number of nitrogens with zero attached hydrogens (tertiary/aromatic N) is 1. The van der Waals surface area contributed by atoms with Gasteiger partial charge in [-0.05, 0) is 60.0 Å². The minimum absolute atomic E-state index is 0.272. The van der Waals surface area contributed by atoms with Crippen molar-refractivity contribution in [3.63, 3.8) is 0 Å². The summed E-state index contributed by atoms with van der Waals surface area (Å²) >= 11 is 0. The van der Waals surface area contributed by atoms with Crippen LogP contribution in [0.4, 0.5) is 17.2 Å². The van der Waals surface area contributed by atoms with E-state index in [9.17, 15) is 4.79 Å². The molecule has 0 atom stereocenters. The Bertz CT molecular complexity index is 1260. The number of rotatable bonds is 8. The van der Waals surface area contributed by atoms with Gasteiger partial charge in [0, 0.05) is 17.6 Å². The zero-order valence-electron chi connectivity index (χ0n) is 17.9. The molecule has 2 aromatic heterocycles. The first-order valence-electron chi connectivity index (χ1n) is 10.1. The maximum absolute atomic E-state index is 11.7. The van der Waals surface area contributed by atoms with Crippen LogP contribution in [0.25, 0.3) is 11.0 Å². The lowest BCUT2D eigenvalue weighted by Crippen LogP contribution is -2.09. The summed E-state index contributed by atoms with van der Waals surface area (Å²) in [6.07, 6.45) is 3.91. The van der Waals surface area contributed by atoms with Gasteiger partial charge in [-0.3, -0.25) is 4.79 Å². The van der Waals surface area contributed by atoms with Gasteiger partial charge >= 0.3 is 0 Å². The number of hydrogen-bond donors (Lipinski definition) is 3. The van der Waals surface area contributed by atoms with Crippen LogP contribution in [-0.4, -0.2) is 30.1 Å². The van der Waals surface area contributed by atoms with Crippen molar-refractivity contribution in [3.8, 4) is 11.5 Å². The van der Waals surface area contributed by atoms with E-state index in [2.05, 4.69) is 22.2 Å². The summed E-state index contributed by atoms with van der Waals surface area (Å²) in [5, 5.41) is 7.10. The monoisotopic (exact) mass is 428 g/mol. The Morgan fingerprint density at radius 3 is 2.47 bits per heavy atom. The molecule has 3 N–H and O–H groups in total. The van der Waals surface area contributed by atoms with Gasteiger partial charge < -0.3 is 25.1 Å². The van der Waals surface area contributed by atoms with Crippen molar-refractivity contribution in [1.82, 2.24) is 9.97 Å². The van der Waals surface area contributed by atoms with Crippen LogP contribution >= 0.6 is 0 Å². The number of benzene rings is 2. The van der Waals surface area contributed by atoms with E-state index in [1.165, 1.54) is 6.08 Å². The maximum atomic E-state index is 11.7. The number of amides is 1. The van der Waals surface area contributed by atoms with Crippen molar-refractivity contribution < 1.29 is 14.3 Å². The zero-order chi connectivity index (χ0) is 22.5. The summed E-state index contributed by atoms with van der Waals surface area (Å²) < 4.78 is 10.8. The Kier molecular flexibility index (Phi) is 6.07. The molecular weight excluding hydrogens is 404 g/mol. The predicted molar refractivity (Wildman–Crippen MR) is 127 cm³/mol. The topological polar surface area (TPSA) is 88.3 Å². The zero-order valence-corrected chi connectivity index (χ0v) is 17.9. The molecule has 4 aromatic rings. The highest BCUT2D eigenvalue weighted by Crippen LogP contribution is 2.29. The summed E-state index contributed by atoms with van der Waals surface area (Å²) in [4.78, 5) is 19.6. The largest absolute Gasteiger partial charge is 0.497 e. The van der Waals surface area contributed by atoms with Gasteiger partial charge in [-0.2, -0.15) is 0 Å². The van der Waals surface area contributed by atoms with Crippen LogP contribution in [0.5, 0.6) is 11.5 Å². The molecular formula is C25H24N4O3. The average Bonchev–Trinajstić information content (AvgIpc) is 3.21. The first kappa shape index (κ1) is 21.0. The molecule has 0 bridgehead atoms. The molecule has 0 saturated carbocycles. The molecule has 0 aliphatic rings. The highest BCUT2D eigenvalue weighted by atomic mass is 16.5. The summed E-state index contributed by atoms with van der Waals surface area (Å²) in [6, 6.07) is 17.2. The first-order valence-corrected chi connectivity index (χ1v) is 10.1. The minimum atomic E-state index is -0.272. The van der Waals surface area contributed by atoms with Gasteiger partial charge in [-0.1, -0.05) is 18.7 Å². The van der Waals surface area contributed by atoms with E-state index in [0.29, 0.717) is 17.9 Å². The Labute approximate surface area is 186 Å². The number of aromatic nitrogens is 2. The van der Waals surface area contributed by atoms with Gasteiger partial charge in [0.1, 0.15) is 23.0 Å². The van der Waals surface area contributed by atoms with Crippen molar-refractivity contribution in [1.29, 1.82) is 0 Å². The second kappa shape index (κ2) is 9.26. The summed E-state index contributed by atoms with van der Waals surface area (Å²) in [5.41, 5.74) is 4.36. The van der Waals surface area contributed by atoms with E-state index < -0.39 is 0 Å². The molecule has 2 heterocycles. The third kappa shape index (κ3) is 4.57. The molecule has 0 aliphatic carbocycles. The molecule has 7 heteroatoms. The van der Waals surface area contributed by atoms with Crippen molar-refractivity contribution in [3.05, 3.63) is 84.6 Å². The Balaban J connectivity index is 1.58. The van der Waals surface area contributed by atoms with Crippen molar-refractivity contribution >= 4 is 34.1 Å². The first-order chi connectivity index (χ1) is 15.6. The number of carbonyl (C=O) groups is 1. The number of anilines is 3. The number of fused-ring (bicyclic) bond motifs is 1. The Morgan fingerprint density at radius 2 is 1.78 bits per heavy atom. The molecule has 0 unspecified atom stereocenters. The maximum Gasteiger partial charge on any atom is 0.247 e. The molecule has 162 valence electrons. The molecule has 0 aliphatic heterocycles. The van der Waals surface area contributed by atoms with Crippen molar-refractivity contribution in [2.45, 2.75) is 6.42 Å². The van der Waals surface area contributed by atoms with E-state index in [1.54, 1.807) is 14.2 Å². The van der Waals surface area contributed by atoms with Crippen LogP contribution in [0.3, 0.4) is 0 Å². The molecule has 32 heavy (non-hydrogen) atoms. The Morgan fingerprint density at radius 1 is 1.06 bits per heavy atom. The molecule has 4 rings (SSSR count). The molecule has 2 aromatic carbocycles. The predicted octanol–water partition coefficient (Wildman–Crippen LogP) is 5.04. The number of methoxy groups -OCH3 is 2. The van der Waals surface area contributed by atoms with E-state index in [0.717, 1.165) is 39.3 Å². The number of para-hydroxylation sites is 2. The minimum Gasteiger partial charge on any atom is -0.497 e. The molecule has 0 saturated heterocycles. The second-order valence-corrected chi connectivity index (χ2v) is 7.17. The summed E-state index contributed by atoms with van der Waals surface area (Å²) in [5.74, 6) is 1.90. The van der Waals surface area contributed by atoms with E-state index >= 15 is 0 Å². The van der Waals surface area contributed by atoms with Crippen LogP contribution in [0.2, 0.25) is 0 Å². The third-order valence-corrected chi connectivity index (χ3v) is 5.06. The number of pyridine rings is 1. The lowest BCUT2D eigenvalue weighted by molar-refractivity contribution is -0.111. The van der Waals surface area contributed by atoms with Crippen molar-refractivity contribution in [2.24, 2.45) is 0 Å². The van der Waals surface area contributed by atoms with Crippen molar-refractivity contribution in [2.75, 3.05) is 24.9 Å². The lowest BCUT2D eigenvalue weighted by Gasteiger charge is -2.12. The highest BCUT2D eigenvalue weighted by molar-refractivity contribution is 6.01. The fraction of sp³-hybridized carbons (Fsp3) is 0.120. The number of aromatic amines is 1. The number of carbonyl (C=O) groups excluding carboxylic acids is 1. The number of nitrogens with one attached hydrogen (secondary N) is 3. The van der Waals surface area contributed by atoms with Gasteiger partial charge in [-0.25, -0.2) is 4.98 Å². The molecule has 0 radical (unpaired) electrons. The number of H-pyrrole nitrogens is 1. The quantitative estimate of drug-likeness (QED) is 0.342. The number of ether oxygens (including phenoxy) is 2. The third-order valence-electron chi connectivity index (χ3n) is 5.06. The van der Waals surface area contributed by atoms with Gasteiger partial charge in [0.2, 0.25) is 5.91 Å². The van der Waals surface area contributed by atoms with E-state index in [1.807, 2.05) is 60.8 Å². The summed E-state index contributed by atoms with van der Waals surface area (Å²) in [7, 11) is 3.29. The molecule has 0 spiro atoms. The van der Waals surface area contributed by atoms with E-state index in [-0.39, 0.29) is 5.91 Å². The highest BCUT2D eigenvalue weighted by Gasteiger charge is 2.10. The van der Waals surface area contributed by atoms with Crippen LogP contribution in [-0.2, 0) is 11.2 Å². The van der Waals surface area contributed by atoms with Crippen LogP contribution < -0.4 is 20.1 Å². The number of hydrogen-bond acceptors (Lipinski definition) is 5. The lowest BCUT2D eigenvalue weighted by atomic mass is 10.0. The van der Waals surface area contributed by atoms with Gasteiger partial charge in [-0.15, -0.1) is 0 Å². The molecule has 1 amide bonds. The normalized spacial score (nSPS) is 10.6. The van der Waals surface area contributed by atoms with Gasteiger partial charge in [0.25, 0.3) is 0 Å². The van der Waals surface area contributed by atoms with Gasteiger partial charge in [0.05, 0.1) is 25.6 Å². The Hall–Kier alpha value is -4.26. The van der Waals surface area contributed by atoms with Crippen LogP contribution in [0, 0.1) is 0 Å². The van der Waals surface area contributed by atoms with E-state index in [4.69, 9.17) is 14.5 Å². The van der Waals surface area contributed by atoms with Gasteiger partial charge in [0.15, 0.2) is 0 Å². The van der Waals surface area contributed by atoms with Crippen LogP contribution in [0.15, 0.2) is 73.4 Å². The second-order valence-electron chi connectivity index (χ2n) is 7.17. The van der Waals surface area contributed by atoms with Crippen LogP contribution in [0.1, 0.15) is 11.1 Å². The fourth-order valence-electron chi connectivity index (χ4n) is 3.49. The molecule has 0 fully saturated rings. The standard InChI is InChI=1S/C25H24N4O3/c1-4-24(30)28-22-8-6-5-7-21(22)27-23-10-9-20-17(15-26-25(20)29-23)11-16-12-18(31-2)14-19(13-16)32-3/h4-10,12-15H,1,11H2,2-3H3,(H,28,30)(H2,26,27,29). The summed E-state index contributed by atoms with van der Waals surface area (Å²) in [6.45, 7) is 3.49. The molecule has 7 nitrogen and oxygen atoms in total. The SMILES string of the molecule is C=CC(=O)Nc1ccccc1Nc1ccc2c(Cc3cc(OC)cc(OC)c3)c[nH]c2n1. The average molecular weight is 428 g/mol. The smallest absolute Gasteiger partial charge is 0.247 e.